The van der Waals surface area contributed by atoms with Crippen LogP contribution in [0.15, 0.2) is 0 Å². The van der Waals surface area contributed by atoms with Crippen LogP contribution in [-0.2, 0) is 4.79 Å². The van der Waals surface area contributed by atoms with Crippen molar-refractivity contribution in [1.82, 2.24) is 10.2 Å². The monoisotopic (exact) mass is 508 g/mol. The van der Waals surface area contributed by atoms with Gasteiger partial charge in [0, 0.05) is 6.54 Å². The normalized spacial score (nSPS) is 13.0. The molecule has 1 N–H and O–H groups in total. The van der Waals surface area contributed by atoms with Gasteiger partial charge >= 0.3 is 18.0 Å². The number of amides is 1. The molecule has 204 valence electrons. The standard InChI is InChI=1S/C24H43F7N2O/c1-33(2)20-18-16-14-12-10-8-6-4-3-5-7-9-11-13-15-17-19-32-21(34)22(25,26)23(27,28)24(29,30)31/h3-20H2,1-2H3,(H,32,34). The van der Waals surface area contributed by atoms with Gasteiger partial charge in [-0.25, -0.2) is 0 Å². The Morgan fingerprint density at radius 2 is 0.912 bits per heavy atom. The zero-order valence-corrected chi connectivity index (χ0v) is 20.7. The molecular weight excluding hydrogens is 465 g/mol. The lowest BCUT2D eigenvalue weighted by Crippen LogP contribution is -2.59. The minimum atomic E-state index is -6.50. The first-order valence-corrected chi connectivity index (χ1v) is 12.6. The molecule has 0 atom stereocenters. The van der Waals surface area contributed by atoms with E-state index in [0.717, 1.165) is 32.2 Å². The van der Waals surface area contributed by atoms with Gasteiger partial charge in [-0.3, -0.25) is 4.79 Å². The Kier molecular flexibility index (Phi) is 16.8. The van der Waals surface area contributed by atoms with Crippen LogP contribution in [-0.4, -0.2) is 56.0 Å². The van der Waals surface area contributed by atoms with E-state index in [0.29, 0.717) is 6.42 Å². The first kappa shape index (κ1) is 32.9. The second-order valence-corrected chi connectivity index (χ2v) is 9.36. The number of carbonyl (C=O) groups excluding carboxylic acids is 1. The van der Waals surface area contributed by atoms with Crippen molar-refractivity contribution in [1.29, 1.82) is 0 Å². The van der Waals surface area contributed by atoms with Crippen LogP contribution in [0.3, 0.4) is 0 Å². The van der Waals surface area contributed by atoms with E-state index in [4.69, 9.17) is 0 Å². The van der Waals surface area contributed by atoms with E-state index in [2.05, 4.69) is 19.0 Å². The molecule has 0 heterocycles. The van der Waals surface area contributed by atoms with Crippen molar-refractivity contribution < 1.29 is 35.5 Å². The van der Waals surface area contributed by atoms with Gasteiger partial charge in [-0.1, -0.05) is 89.9 Å². The number of nitrogens with zero attached hydrogens (tertiary/aromatic N) is 1. The second-order valence-electron chi connectivity index (χ2n) is 9.36. The van der Waals surface area contributed by atoms with E-state index in [9.17, 15) is 35.5 Å². The number of unbranched alkanes of at least 4 members (excludes halogenated alkanes) is 15. The van der Waals surface area contributed by atoms with E-state index >= 15 is 0 Å². The van der Waals surface area contributed by atoms with Crippen LogP contribution >= 0.6 is 0 Å². The van der Waals surface area contributed by atoms with E-state index in [1.807, 2.05) is 0 Å². The van der Waals surface area contributed by atoms with Crippen molar-refractivity contribution in [2.24, 2.45) is 0 Å². The number of carbonyl (C=O) groups is 1. The summed E-state index contributed by atoms with van der Waals surface area (Å²) in [5.41, 5.74) is 0. The summed E-state index contributed by atoms with van der Waals surface area (Å²) in [7, 11) is 4.20. The van der Waals surface area contributed by atoms with Gasteiger partial charge < -0.3 is 10.2 Å². The quantitative estimate of drug-likeness (QED) is 0.127. The molecular formula is C24H43F7N2O. The van der Waals surface area contributed by atoms with Crippen molar-refractivity contribution in [3.63, 3.8) is 0 Å². The molecule has 34 heavy (non-hydrogen) atoms. The molecule has 1 amide bonds. The van der Waals surface area contributed by atoms with Crippen molar-refractivity contribution in [3.05, 3.63) is 0 Å². The smallest absolute Gasteiger partial charge is 0.351 e. The van der Waals surface area contributed by atoms with Crippen LogP contribution in [0.25, 0.3) is 0 Å². The summed E-state index contributed by atoms with van der Waals surface area (Å²) in [6.07, 6.45) is 10.9. The number of hydrogen-bond acceptors (Lipinski definition) is 2. The Labute approximate surface area is 200 Å². The minimum Gasteiger partial charge on any atom is -0.351 e. The van der Waals surface area contributed by atoms with Crippen LogP contribution < -0.4 is 5.32 Å². The fourth-order valence-electron chi connectivity index (χ4n) is 3.66. The van der Waals surface area contributed by atoms with Crippen LogP contribution in [0.2, 0.25) is 0 Å². The zero-order valence-electron chi connectivity index (χ0n) is 20.7. The lowest BCUT2D eigenvalue weighted by Gasteiger charge is -2.27. The third-order valence-electron chi connectivity index (χ3n) is 5.85. The van der Waals surface area contributed by atoms with Gasteiger partial charge in [0.05, 0.1) is 0 Å². The van der Waals surface area contributed by atoms with Crippen molar-refractivity contribution in [3.8, 4) is 0 Å². The van der Waals surface area contributed by atoms with Gasteiger partial charge in [0.25, 0.3) is 5.91 Å². The van der Waals surface area contributed by atoms with Gasteiger partial charge in [0.1, 0.15) is 0 Å². The second kappa shape index (κ2) is 17.4. The average molecular weight is 509 g/mol. The first-order valence-electron chi connectivity index (χ1n) is 12.6. The van der Waals surface area contributed by atoms with Crippen molar-refractivity contribution >= 4 is 5.91 Å². The predicted molar refractivity (Wildman–Crippen MR) is 121 cm³/mol. The number of rotatable bonds is 21. The molecule has 0 fully saturated rings. The Morgan fingerprint density at radius 3 is 1.24 bits per heavy atom. The van der Waals surface area contributed by atoms with Crippen molar-refractivity contribution in [2.75, 3.05) is 27.2 Å². The number of alkyl halides is 7. The van der Waals surface area contributed by atoms with Crippen LogP contribution in [0.1, 0.15) is 103 Å². The Hall–Kier alpha value is -1.06. The van der Waals surface area contributed by atoms with E-state index in [1.165, 1.54) is 69.5 Å². The van der Waals surface area contributed by atoms with Gasteiger partial charge in [-0.2, -0.15) is 30.7 Å². The maximum atomic E-state index is 13.2. The summed E-state index contributed by atoms with van der Waals surface area (Å²) in [6, 6.07) is 0. The summed E-state index contributed by atoms with van der Waals surface area (Å²) in [5.74, 6) is -14.8. The molecule has 0 spiro atoms. The SMILES string of the molecule is CN(C)CCCCCCCCCCCCCCCCCCNC(=O)C(F)(F)C(F)(F)C(F)(F)F. The molecule has 0 aromatic rings. The molecule has 0 aromatic heterocycles. The highest BCUT2D eigenvalue weighted by Crippen LogP contribution is 2.46. The van der Waals surface area contributed by atoms with E-state index in [-0.39, 0.29) is 13.0 Å². The van der Waals surface area contributed by atoms with Gasteiger partial charge in [0.2, 0.25) is 0 Å². The Bertz CT molecular complexity index is 526. The Morgan fingerprint density at radius 1 is 0.588 bits per heavy atom. The minimum absolute atomic E-state index is 0.245. The van der Waals surface area contributed by atoms with E-state index < -0.39 is 23.9 Å². The molecule has 3 nitrogen and oxygen atoms in total. The average Bonchev–Trinajstić information content (AvgIpc) is 2.73. The number of hydrogen-bond donors (Lipinski definition) is 1. The molecule has 0 aromatic carbocycles. The number of nitrogens with one attached hydrogen (secondary N) is 1. The van der Waals surface area contributed by atoms with Gasteiger partial charge in [-0.05, 0) is 33.5 Å². The molecule has 0 aliphatic heterocycles. The van der Waals surface area contributed by atoms with Crippen LogP contribution in [0.4, 0.5) is 30.7 Å². The maximum absolute atomic E-state index is 13.2. The first-order chi connectivity index (χ1) is 15.8. The molecule has 0 aliphatic carbocycles. The molecule has 0 aliphatic rings. The highest BCUT2D eigenvalue weighted by atomic mass is 19.4. The zero-order chi connectivity index (χ0) is 26.1. The van der Waals surface area contributed by atoms with Crippen molar-refractivity contribution in [2.45, 2.75) is 121 Å². The topological polar surface area (TPSA) is 32.3 Å². The number of halogens is 7. The summed E-state index contributed by atoms with van der Waals surface area (Å²) >= 11 is 0. The van der Waals surface area contributed by atoms with Crippen LogP contribution in [0.5, 0.6) is 0 Å². The molecule has 0 bridgehead atoms. The largest absolute Gasteiger partial charge is 0.460 e. The molecule has 0 unspecified atom stereocenters. The fraction of sp³-hybridized carbons (Fsp3) is 0.958. The molecule has 0 radical (unpaired) electrons. The summed E-state index contributed by atoms with van der Waals surface area (Å²) in [4.78, 5) is 13.3. The fourth-order valence-corrected chi connectivity index (χ4v) is 3.66. The third kappa shape index (κ3) is 13.7. The lowest BCUT2D eigenvalue weighted by molar-refractivity contribution is -0.344. The molecule has 0 saturated carbocycles. The molecule has 10 heteroatoms. The highest BCUT2D eigenvalue weighted by molar-refractivity contribution is 5.84. The highest BCUT2D eigenvalue weighted by Gasteiger charge is 2.76. The summed E-state index contributed by atoms with van der Waals surface area (Å²) in [6.45, 7) is 0.802. The molecule has 0 saturated heterocycles. The van der Waals surface area contributed by atoms with E-state index in [1.54, 1.807) is 0 Å². The summed E-state index contributed by atoms with van der Waals surface area (Å²) in [5, 5.41) is 1.49. The third-order valence-corrected chi connectivity index (χ3v) is 5.85. The molecule has 0 rings (SSSR count). The predicted octanol–water partition coefficient (Wildman–Crippen LogP) is 7.74. The Balaban J connectivity index is 3.51. The van der Waals surface area contributed by atoms with Gasteiger partial charge in [-0.15, -0.1) is 0 Å². The summed E-state index contributed by atoms with van der Waals surface area (Å²) < 4.78 is 88.0. The maximum Gasteiger partial charge on any atom is 0.460 e. The lowest BCUT2D eigenvalue weighted by atomic mass is 10.0. The van der Waals surface area contributed by atoms with Crippen LogP contribution in [0, 0.1) is 0 Å². The van der Waals surface area contributed by atoms with Gasteiger partial charge in [0.15, 0.2) is 0 Å².